The van der Waals surface area contributed by atoms with Crippen molar-refractivity contribution in [3.05, 3.63) is 58.8 Å². The van der Waals surface area contributed by atoms with Crippen LogP contribution in [0.5, 0.6) is 5.75 Å². The standard InChI is InChI=1S/C15H11ClF4NO.Y/c1-8-10(16)3-4-13(21(8)7-14(19)20)9-5-11(17)15(22-2)12(18)6-9;/h3,5-6,14H,1,7H2,2H3;/q-1;. The zero-order chi connectivity index (χ0) is 16.4. The number of hydrogen-bond acceptors (Lipinski definition) is 2. The van der Waals surface area contributed by atoms with Crippen LogP contribution in [0.3, 0.4) is 0 Å². The summed E-state index contributed by atoms with van der Waals surface area (Å²) < 4.78 is 57.6. The maximum Gasteiger partial charge on any atom is 0.256 e. The van der Waals surface area contributed by atoms with Crippen LogP contribution in [0.4, 0.5) is 17.6 Å². The van der Waals surface area contributed by atoms with E-state index in [9.17, 15) is 17.6 Å². The van der Waals surface area contributed by atoms with Gasteiger partial charge in [0.05, 0.1) is 13.7 Å². The minimum absolute atomic E-state index is 0. The fraction of sp³-hybridized carbons (Fsp3) is 0.200. The second-order valence-electron chi connectivity index (χ2n) is 4.41. The number of allylic oxidation sites excluding steroid dienone is 3. The van der Waals surface area contributed by atoms with E-state index in [0.717, 1.165) is 24.1 Å². The average Bonchev–Trinajstić information content (AvgIpc) is 2.43. The molecule has 0 spiro atoms. The Morgan fingerprint density at radius 2 is 1.87 bits per heavy atom. The van der Waals surface area contributed by atoms with E-state index < -0.39 is 30.4 Å². The van der Waals surface area contributed by atoms with E-state index in [1.165, 1.54) is 6.08 Å². The Bertz CT molecular complexity index is 652. The Hall–Kier alpha value is -0.846. The van der Waals surface area contributed by atoms with Gasteiger partial charge >= 0.3 is 0 Å². The summed E-state index contributed by atoms with van der Waals surface area (Å²) in [5, 5.41) is 0.124. The van der Waals surface area contributed by atoms with Crippen LogP contribution in [0.1, 0.15) is 5.56 Å². The van der Waals surface area contributed by atoms with Gasteiger partial charge in [0.25, 0.3) is 6.43 Å². The SMILES string of the molecule is C=C1C(Cl)=C[C-]=C(c2cc(F)c(OC)c(F)c2)N1CC(F)F.[Y]. The van der Waals surface area contributed by atoms with Crippen LogP contribution in [-0.2, 0) is 32.7 Å². The second kappa shape index (κ2) is 8.31. The van der Waals surface area contributed by atoms with E-state index in [-0.39, 0.29) is 54.7 Å². The molecule has 0 atom stereocenters. The molecule has 121 valence electrons. The van der Waals surface area contributed by atoms with Gasteiger partial charge in [0.15, 0.2) is 17.4 Å². The third kappa shape index (κ3) is 4.37. The maximum atomic E-state index is 13.8. The predicted molar refractivity (Wildman–Crippen MR) is 75.3 cm³/mol. The first-order valence-corrected chi connectivity index (χ1v) is 6.50. The third-order valence-electron chi connectivity index (χ3n) is 3.00. The van der Waals surface area contributed by atoms with Crippen molar-refractivity contribution in [3.8, 4) is 5.75 Å². The van der Waals surface area contributed by atoms with Crippen LogP contribution in [0.2, 0.25) is 0 Å². The Labute approximate surface area is 161 Å². The molecule has 2 rings (SSSR count). The van der Waals surface area contributed by atoms with Gasteiger partial charge in [0.2, 0.25) is 0 Å². The molecule has 0 fully saturated rings. The first kappa shape index (κ1) is 20.2. The molecule has 1 aromatic carbocycles. The van der Waals surface area contributed by atoms with Crippen molar-refractivity contribution >= 4 is 17.3 Å². The zero-order valence-electron chi connectivity index (χ0n) is 12.0. The van der Waals surface area contributed by atoms with Gasteiger partial charge in [-0.25, -0.2) is 17.6 Å². The molecule has 0 N–H and O–H groups in total. The summed E-state index contributed by atoms with van der Waals surface area (Å²) >= 11 is 5.84. The van der Waals surface area contributed by atoms with Gasteiger partial charge in [0, 0.05) is 32.7 Å². The predicted octanol–water partition coefficient (Wildman–Crippen LogP) is 4.33. The van der Waals surface area contributed by atoms with Crippen molar-refractivity contribution in [2.24, 2.45) is 0 Å². The molecular weight excluding hydrogens is 411 g/mol. The molecule has 0 amide bonds. The fourth-order valence-corrected chi connectivity index (χ4v) is 2.18. The summed E-state index contributed by atoms with van der Waals surface area (Å²) in [4.78, 5) is 1.06. The van der Waals surface area contributed by atoms with Crippen LogP contribution < -0.4 is 4.74 Å². The summed E-state index contributed by atoms with van der Waals surface area (Å²) in [6.45, 7) is 2.88. The quantitative estimate of drug-likeness (QED) is 0.530. The molecule has 0 saturated heterocycles. The molecule has 1 aliphatic heterocycles. The van der Waals surface area contributed by atoms with Crippen LogP contribution in [0.25, 0.3) is 5.70 Å². The van der Waals surface area contributed by atoms with Crippen molar-refractivity contribution in [1.29, 1.82) is 0 Å². The summed E-state index contributed by atoms with van der Waals surface area (Å²) in [5.41, 5.74) is 0.181. The number of ether oxygens (including phenoxy) is 1. The summed E-state index contributed by atoms with van der Waals surface area (Å²) in [5.74, 6) is -2.45. The summed E-state index contributed by atoms with van der Waals surface area (Å²) in [6.07, 6.45) is 1.26. The van der Waals surface area contributed by atoms with E-state index in [0.29, 0.717) is 0 Å². The number of halogens is 5. The minimum Gasteiger partial charge on any atom is -0.491 e. The molecule has 2 nitrogen and oxygen atoms in total. The van der Waals surface area contributed by atoms with Crippen molar-refractivity contribution < 1.29 is 55.0 Å². The van der Waals surface area contributed by atoms with E-state index in [1.807, 2.05) is 0 Å². The normalized spacial score (nSPS) is 14.4. The van der Waals surface area contributed by atoms with Gasteiger partial charge in [-0.1, -0.05) is 30.0 Å². The first-order chi connectivity index (χ1) is 10.3. The smallest absolute Gasteiger partial charge is 0.256 e. The minimum atomic E-state index is -2.69. The van der Waals surface area contributed by atoms with Gasteiger partial charge in [0.1, 0.15) is 0 Å². The molecule has 0 saturated carbocycles. The Morgan fingerprint density at radius 1 is 1.30 bits per heavy atom. The van der Waals surface area contributed by atoms with Crippen molar-refractivity contribution in [2.45, 2.75) is 6.43 Å². The van der Waals surface area contributed by atoms with Crippen molar-refractivity contribution in [3.63, 3.8) is 0 Å². The molecule has 1 aromatic rings. The first-order valence-electron chi connectivity index (χ1n) is 6.12. The largest absolute Gasteiger partial charge is 0.491 e. The number of nitrogens with zero attached hydrogens (tertiary/aromatic N) is 1. The van der Waals surface area contributed by atoms with Gasteiger partial charge in [-0.2, -0.15) is 23.8 Å². The number of methoxy groups -OCH3 is 1. The molecule has 1 radical (unpaired) electrons. The molecule has 8 heteroatoms. The van der Waals surface area contributed by atoms with E-state index >= 15 is 0 Å². The molecule has 23 heavy (non-hydrogen) atoms. The van der Waals surface area contributed by atoms with Crippen LogP contribution in [0, 0.1) is 17.7 Å². The van der Waals surface area contributed by atoms with Crippen LogP contribution in [-0.4, -0.2) is 25.0 Å². The number of rotatable bonds is 4. The summed E-state index contributed by atoms with van der Waals surface area (Å²) in [7, 11) is 1.13. The van der Waals surface area contributed by atoms with Crippen molar-refractivity contribution in [1.82, 2.24) is 4.90 Å². The van der Waals surface area contributed by atoms with E-state index in [1.54, 1.807) is 0 Å². The van der Waals surface area contributed by atoms with Crippen molar-refractivity contribution in [2.75, 3.05) is 13.7 Å². The Kier molecular flexibility index (Phi) is 7.30. The molecule has 1 aliphatic rings. The fourth-order valence-electron chi connectivity index (χ4n) is 2.03. The van der Waals surface area contributed by atoms with E-state index in [2.05, 4.69) is 17.4 Å². The number of alkyl halides is 2. The third-order valence-corrected chi connectivity index (χ3v) is 3.33. The second-order valence-corrected chi connectivity index (χ2v) is 4.81. The Balaban J connectivity index is 0.00000264. The molecule has 0 aliphatic carbocycles. The average molecular weight is 422 g/mol. The van der Waals surface area contributed by atoms with Gasteiger partial charge in [-0.15, -0.1) is 0 Å². The molecule has 0 aromatic heterocycles. The van der Waals surface area contributed by atoms with Gasteiger partial charge in [-0.3, -0.25) is 0 Å². The van der Waals surface area contributed by atoms with Crippen LogP contribution in [0.15, 0.2) is 35.5 Å². The monoisotopic (exact) mass is 421 g/mol. The Morgan fingerprint density at radius 3 is 2.35 bits per heavy atom. The zero-order valence-corrected chi connectivity index (χ0v) is 15.6. The number of hydrogen-bond donors (Lipinski definition) is 0. The maximum absolute atomic E-state index is 13.8. The molecular formula is C15H11ClF4NOY-. The topological polar surface area (TPSA) is 12.5 Å². The van der Waals surface area contributed by atoms with Gasteiger partial charge < -0.3 is 9.64 Å². The molecule has 1 heterocycles. The summed E-state index contributed by atoms with van der Waals surface area (Å²) in [6, 6.07) is 1.95. The molecule has 0 bridgehead atoms. The number of benzene rings is 1. The molecule has 0 unspecified atom stereocenters. The van der Waals surface area contributed by atoms with Gasteiger partial charge in [-0.05, 0) is 10.7 Å². The van der Waals surface area contributed by atoms with E-state index in [4.69, 9.17) is 11.6 Å². The van der Waals surface area contributed by atoms with Crippen LogP contribution >= 0.6 is 11.6 Å².